The van der Waals surface area contributed by atoms with Gasteiger partial charge >= 0.3 is 0 Å². The third-order valence-corrected chi connectivity index (χ3v) is 3.33. The van der Waals surface area contributed by atoms with Crippen molar-refractivity contribution in [2.24, 2.45) is 5.92 Å². The van der Waals surface area contributed by atoms with Crippen molar-refractivity contribution in [2.75, 3.05) is 5.75 Å². The Morgan fingerprint density at radius 3 is 3.10 bits per heavy atom. The highest BCUT2D eigenvalue weighted by Crippen LogP contribution is 2.12. The molecule has 0 aliphatic heterocycles. The number of hydrogen-bond acceptors (Lipinski definition) is 6. The Morgan fingerprint density at radius 1 is 1.55 bits per heavy atom. The molecule has 0 radical (unpaired) electrons. The largest absolute Gasteiger partial charge is 0.361 e. The number of carbonyl (C=O) groups is 1. The molecule has 1 amide bonds. The third kappa shape index (κ3) is 4.69. The van der Waals surface area contributed by atoms with E-state index in [0.29, 0.717) is 23.2 Å². The first kappa shape index (κ1) is 14.6. The topological polar surface area (TPSA) is 96.7 Å². The van der Waals surface area contributed by atoms with Crippen molar-refractivity contribution in [3.05, 3.63) is 23.7 Å². The normalized spacial score (nSPS) is 10.9. The molecule has 0 unspecified atom stereocenters. The summed E-state index contributed by atoms with van der Waals surface area (Å²) in [6, 6.07) is 1.88. The first-order valence-corrected chi connectivity index (χ1v) is 7.32. The fourth-order valence-electron chi connectivity index (χ4n) is 1.58. The van der Waals surface area contributed by atoms with Crippen LogP contribution in [0, 0.1) is 5.92 Å². The van der Waals surface area contributed by atoms with Crippen molar-refractivity contribution in [2.45, 2.75) is 31.8 Å². The Morgan fingerprint density at radius 2 is 2.40 bits per heavy atom. The Balaban J connectivity index is 1.71. The minimum Gasteiger partial charge on any atom is -0.361 e. The number of thioether (sulfide) groups is 1. The number of hydrogen-bond donors (Lipinski definition) is 2. The molecule has 0 spiro atoms. The van der Waals surface area contributed by atoms with E-state index in [0.717, 1.165) is 17.9 Å². The summed E-state index contributed by atoms with van der Waals surface area (Å²) in [6.07, 6.45) is 2.43. The molecule has 2 rings (SSSR count). The van der Waals surface area contributed by atoms with Crippen molar-refractivity contribution in [1.82, 2.24) is 25.9 Å². The van der Waals surface area contributed by atoms with Crippen molar-refractivity contribution in [3.63, 3.8) is 0 Å². The number of amides is 1. The molecule has 7 nitrogen and oxygen atoms in total. The number of H-pyrrole nitrogens is 1. The summed E-state index contributed by atoms with van der Waals surface area (Å²) in [5.74, 6) is 1.58. The number of aromatic nitrogens is 4. The van der Waals surface area contributed by atoms with Gasteiger partial charge in [-0.3, -0.25) is 4.79 Å². The quantitative estimate of drug-likeness (QED) is 0.749. The van der Waals surface area contributed by atoms with Crippen LogP contribution in [0.5, 0.6) is 0 Å². The van der Waals surface area contributed by atoms with Crippen LogP contribution < -0.4 is 5.32 Å². The van der Waals surface area contributed by atoms with Crippen LogP contribution in [-0.2, 0) is 17.8 Å². The Labute approximate surface area is 120 Å². The van der Waals surface area contributed by atoms with Crippen LogP contribution in [0.25, 0.3) is 0 Å². The third-order valence-electron chi connectivity index (χ3n) is 2.43. The molecular formula is C12H17N5O2S. The van der Waals surface area contributed by atoms with Gasteiger partial charge in [-0.1, -0.05) is 30.8 Å². The summed E-state index contributed by atoms with van der Waals surface area (Å²) in [6.45, 7) is 4.61. The summed E-state index contributed by atoms with van der Waals surface area (Å²) in [4.78, 5) is 11.6. The maximum Gasteiger partial charge on any atom is 0.230 e. The molecule has 0 saturated carbocycles. The highest BCUT2D eigenvalue weighted by molar-refractivity contribution is 7.99. The van der Waals surface area contributed by atoms with Crippen molar-refractivity contribution < 1.29 is 9.32 Å². The van der Waals surface area contributed by atoms with E-state index in [1.807, 2.05) is 6.07 Å². The lowest BCUT2D eigenvalue weighted by atomic mass is 10.1. The lowest BCUT2D eigenvalue weighted by Crippen LogP contribution is -2.24. The van der Waals surface area contributed by atoms with Crippen LogP contribution in [0.1, 0.15) is 25.3 Å². The molecule has 20 heavy (non-hydrogen) atoms. The van der Waals surface area contributed by atoms with Gasteiger partial charge in [0, 0.05) is 12.5 Å². The lowest BCUT2D eigenvalue weighted by Gasteiger charge is -2.00. The van der Waals surface area contributed by atoms with E-state index < -0.39 is 0 Å². The number of aromatic amines is 1. The molecule has 0 aliphatic rings. The second kappa shape index (κ2) is 7.09. The predicted molar refractivity (Wildman–Crippen MR) is 74.0 cm³/mol. The van der Waals surface area contributed by atoms with Gasteiger partial charge in [0.25, 0.3) is 0 Å². The highest BCUT2D eigenvalue weighted by Gasteiger charge is 2.08. The molecule has 0 bridgehead atoms. The van der Waals surface area contributed by atoms with E-state index in [1.54, 1.807) is 6.20 Å². The smallest absolute Gasteiger partial charge is 0.230 e. The first-order chi connectivity index (χ1) is 9.63. The van der Waals surface area contributed by atoms with E-state index >= 15 is 0 Å². The Bertz CT molecular complexity index is 538. The van der Waals surface area contributed by atoms with E-state index in [1.165, 1.54) is 11.8 Å². The summed E-state index contributed by atoms with van der Waals surface area (Å²) in [5.41, 5.74) is 0.737. The molecule has 2 aromatic rings. The maximum absolute atomic E-state index is 11.6. The van der Waals surface area contributed by atoms with E-state index in [2.05, 4.69) is 39.7 Å². The second-order valence-electron chi connectivity index (χ2n) is 4.76. The number of carbonyl (C=O) groups excluding carboxylic acids is 1. The minimum absolute atomic E-state index is 0.0774. The predicted octanol–water partition coefficient (Wildman–Crippen LogP) is 1.40. The zero-order valence-corrected chi connectivity index (χ0v) is 12.2. The van der Waals surface area contributed by atoms with Gasteiger partial charge in [-0.25, -0.2) is 0 Å². The minimum atomic E-state index is -0.0774. The zero-order chi connectivity index (χ0) is 14.4. The van der Waals surface area contributed by atoms with Gasteiger partial charge < -0.3 is 9.84 Å². The van der Waals surface area contributed by atoms with Gasteiger partial charge in [0.2, 0.25) is 5.91 Å². The van der Waals surface area contributed by atoms with Crippen LogP contribution in [0.2, 0.25) is 0 Å². The van der Waals surface area contributed by atoms with E-state index in [-0.39, 0.29) is 5.91 Å². The fraction of sp³-hybridized carbons (Fsp3) is 0.500. The lowest BCUT2D eigenvalue weighted by molar-refractivity contribution is -0.118. The molecule has 2 heterocycles. The van der Waals surface area contributed by atoms with E-state index in [9.17, 15) is 4.79 Å². The molecule has 8 heteroatoms. The molecule has 0 aromatic carbocycles. The molecule has 0 fully saturated rings. The van der Waals surface area contributed by atoms with Crippen molar-refractivity contribution in [3.8, 4) is 0 Å². The Hall–Kier alpha value is -1.83. The zero-order valence-electron chi connectivity index (χ0n) is 11.4. The molecule has 0 atom stereocenters. The summed E-state index contributed by atoms with van der Waals surface area (Å²) < 4.78 is 5.20. The number of nitrogens with one attached hydrogen (secondary N) is 2. The van der Waals surface area contributed by atoms with Gasteiger partial charge in [-0.2, -0.15) is 10.3 Å². The van der Waals surface area contributed by atoms with Gasteiger partial charge in [0.1, 0.15) is 16.5 Å². The van der Waals surface area contributed by atoms with Gasteiger partial charge in [0.05, 0.1) is 18.5 Å². The highest BCUT2D eigenvalue weighted by atomic mass is 32.2. The molecule has 108 valence electrons. The Kier molecular flexibility index (Phi) is 5.16. The van der Waals surface area contributed by atoms with Gasteiger partial charge in [-0.05, 0) is 5.92 Å². The van der Waals surface area contributed by atoms with Crippen LogP contribution in [0.3, 0.4) is 0 Å². The number of nitrogens with zero attached hydrogens (tertiary/aromatic N) is 3. The second-order valence-corrected chi connectivity index (χ2v) is 5.75. The van der Waals surface area contributed by atoms with Gasteiger partial charge in [-0.15, -0.1) is 5.10 Å². The van der Waals surface area contributed by atoms with Gasteiger partial charge in [0.15, 0.2) is 0 Å². The summed E-state index contributed by atoms with van der Waals surface area (Å²) >= 11 is 1.32. The number of rotatable bonds is 7. The van der Waals surface area contributed by atoms with Crippen molar-refractivity contribution in [1.29, 1.82) is 0 Å². The molecule has 0 saturated heterocycles. The average molecular weight is 295 g/mol. The monoisotopic (exact) mass is 295 g/mol. The first-order valence-electron chi connectivity index (χ1n) is 6.33. The van der Waals surface area contributed by atoms with Crippen molar-refractivity contribution >= 4 is 17.7 Å². The van der Waals surface area contributed by atoms with Crippen LogP contribution >= 0.6 is 11.8 Å². The van der Waals surface area contributed by atoms with Crippen LogP contribution in [0.15, 0.2) is 21.8 Å². The molecule has 2 aromatic heterocycles. The average Bonchev–Trinajstić information content (AvgIpc) is 3.04. The standard InChI is InChI=1S/C12H17N5O2S/c1-8(2)3-10-4-9(16-19-10)5-13-11(18)7-20-12-6-14-17-15-12/h4,6,8H,3,5,7H2,1-2H3,(H,13,18)(H,14,15,17). The molecule has 0 aliphatic carbocycles. The van der Waals surface area contributed by atoms with Crippen LogP contribution in [-0.4, -0.2) is 32.2 Å². The molecular weight excluding hydrogens is 278 g/mol. The molecule has 2 N–H and O–H groups in total. The SMILES string of the molecule is CC(C)Cc1cc(CNC(=O)CSc2cn[nH]n2)no1. The summed E-state index contributed by atoms with van der Waals surface area (Å²) in [5, 5.41) is 17.4. The van der Waals surface area contributed by atoms with E-state index in [4.69, 9.17) is 4.52 Å². The summed E-state index contributed by atoms with van der Waals surface area (Å²) in [7, 11) is 0. The van der Waals surface area contributed by atoms with Crippen LogP contribution in [0.4, 0.5) is 0 Å². The maximum atomic E-state index is 11.6. The fourth-order valence-corrected chi connectivity index (χ4v) is 2.19.